The summed E-state index contributed by atoms with van der Waals surface area (Å²) in [5.41, 5.74) is 3.77. The number of fused-ring (bicyclic) bond motifs is 1. The average Bonchev–Trinajstić information content (AvgIpc) is 3.35. The number of aryl methyl sites for hydroxylation is 1. The van der Waals surface area contributed by atoms with Crippen LogP contribution < -0.4 is 10.6 Å². The van der Waals surface area contributed by atoms with Crippen molar-refractivity contribution in [1.29, 1.82) is 0 Å². The summed E-state index contributed by atoms with van der Waals surface area (Å²) in [6.07, 6.45) is 7.87. The van der Waals surface area contributed by atoms with E-state index < -0.39 is 0 Å². The summed E-state index contributed by atoms with van der Waals surface area (Å²) < 4.78 is 7.19. The molecule has 2 aromatic heterocycles. The Hall–Kier alpha value is -2.71. The first-order valence-electron chi connectivity index (χ1n) is 10.1. The maximum absolute atomic E-state index is 12.6. The van der Waals surface area contributed by atoms with Crippen molar-refractivity contribution in [3.63, 3.8) is 0 Å². The number of thiocarbonyl (C=S) groups is 1. The lowest BCUT2D eigenvalue weighted by Gasteiger charge is -2.13. The van der Waals surface area contributed by atoms with Gasteiger partial charge in [0.1, 0.15) is 5.00 Å². The summed E-state index contributed by atoms with van der Waals surface area (Å²) in [6, 6.07) is 9.95. The largest absolute Gasteiger partial charge is 0.462 e. The molecule has 2 N–H and O–H groups in total. The van der Waals surface area contributed by atoms with E-state index in [1.807, 2.05) is 42.1 Å². The molecule has 0 unspecified atom stereocenters. The summed E-state index contributed by atoms with van der Waals surface area (Å²) in [7, 11) is 0. The molecular formula is C22H24N4O2S2. The molecule has 4 rings (SSSR count). The van der Waals surface area contributed by atoms with Crippen molar-refractivity contribution in [2.75, 3.05) is 17.2 Å². The topological polar surface area (TPSA) is 68.2 Å². The Morgan fingerprint density at radius 2 is 2.13 bits per heavy atom. The summed E-state index contributed by atoms with van der Waals surface area (Å²) in [4.78, 5) is 13.9. The lowest BCUT2D eigenvalue weighted by Crippen LogP contribution is -2.20. The second kappa shape index (κ2) is 9.40. The number of carbonyl (C=O) groups is 1. The van der Waals surface area contributed by atoms with E-state index in [0.717, 1.165) is 47.5 Å². The monoisotopic (exact) mass is 440 g/mol. The van der Waals surface area contributed by atoms with Crippen molar-refractivity contribution in [1.82, 2.24) is 9.78 Å². The summed E-state index contributed by atoms with van der Waals surface area (Å²) in [6.45, 7) is 2.87. The number of anilines is 2. The van der Waals surface area contributed by atoms with E-state index in [1.165, 1.54) is 4.88 Å². The Morgan fingerprint density at radius 1 is 1.27 bits per heavy atom. The normalized spacial score (nSPS) is 12.8. The van der Waals surface area contributed by atoms with Crippen LogP contribution in [0.1, 0.15) is 46.1 Å². The van der Waals surface area contributed by atoms with Gasteiger partial charge in [0.2, 0.25) is 0 Å². The molecule has 0 saturated carbocycles. The van der Waals surface area contributed by atoms with Gasteiger partial charge < -0.3 is 15.4 Å². The minimum absolute atomic E-state index is 0.275. The average molecular weight is 441 g/mol. The van der Waals surface area contributed by atoms with Crippen molar-refractivity contribution < 1.29 is 9.53 Å². The molecule has 1 aliphatic rings. The van der Waals surface area contributed by atoms with Crippen LogP contribution in [-0.4, -0.2) is 27.5 Å². The highest BCUT2D eigenvalue weighted by atomic mass is 32.1. The van der Waals surface area contributed by atoms with E-state index in [-0.39, 0.29) is 5.97 Å². The molecule has 0 fully saturated rings. The van der Waals surface area contributed by atoms with Crippen LogP contribution in [0.15, 0.2) is 42.7 Å². The van der Waals surface area contributed by atoms with Crippen LogP contribution in [0, 0.1) is 0 Å². The van der Waals surface area contributed by atoms with E-state index in [2.05, 4.69) is 21.8 Å². The van der Waals surface area contributed by atoms with Gasteiger partial charge in [-0.15, -0.1) is 11.3 Å². The smallest absolute Gasteiger partial charge is 0.341 e. The maximum atomic E-state index is 12.6. The van der Waals surface area contributed by atoms with Crippen molar-refractivity contribution >= 4 is 45.3 Å². The first-order chi connectivity index (χ1) is 14.6. The molecule has 0 bridgehead atoms. The van der Waals surface area contributed by atoms with Crippen LogP contribution in [0.2, 0.25) is 0 Å². The molecule has 6 nitrogen and oxygen atoms in total. The molecule has 0 amide bonds. The molecule has 0 atom stereocenters. The predicted molar refractivity (Wildman–Crippen MR) is 125 cm³/mol. The zero-order valence-corrected chi connectivity index (χ0v) is 18.4. The molecule has 0 saturated heterocycles. The fraction of sp³-hybridized carbons (Fsp3) is 0.318. The van der Waals surface area contributed by atoms with Crippen LogP contribution in [0.25, 0.3) is 0 Å². The minimum Gasteiger partial charge on any atom is -0.462 e. The third kappa shape index (κ3) is 4.71. The number of hydrogen-bond acceptors (Lipinski definition) is 5. The van der Waals surface area contributed by atoms with E-state index in [0.29, 0.717) is 23.8 Å². The zero-order valence-electron chi connectivity index (χ0n) is 16.8. The number of thiophene rings is 1. The van der Waals surface area contributed by atoms with E-state index in [4.69, 9.17) is 17.0 Å². The van der Waals surface area contributed by atoms with E-state index in [9.17, 15) is 4.79 Å². The van der Waals surface area contributed by atoms with Crippen LogP contribution >= 0.6 is 23.6 Å². The van der Waals surface area contributed by atoms with Gasteiger partial charge in [0.25, 0.3) is 0 Å². The number of hydrogen-bond donors (Lipinski definition) is 2. The van der Waals surface area contributed by atoms with E-state index >= 15 is 0 Å². The van der Waals surface area contributed by atoms with Crippen molar-refractivity contribution in [2.24, 2.45) is 0 Å². The Labute approximate surface area is 185 Å². The highest BCUT2D eigenvalue weighted by molar-refractivity contribution is 7.80. The summed E-state index contributed by atoms with van der Waals surface area (Å²) in [5.74, 6) is -0.275. The Morgan fingerprint density at radius 3 is 2.93 bits per heavy atom. The number of rotatable bonds is 6. The number of nitrogens with one attached hydrogen (secondary N) is 2. The van der Waals surface area contributed by atoms with Crippen LogP contribution in [-0.2, 0) is 24.1 Å². The van der Waals surface area contributed by atoms with Gasteiger partial charge >= 0.3 is 5.97 Å². The minimum atomic E-state index is -0.275. The number of benzene rings is 1. The fourth-order valence-corrected chi connectivity index (χ4v) is 5.23. The number of esters is 1. The Balaban J connectivity index is 1.49. The van der Waals surface area contributed by atoms with Gasteiger partial charge in [0, 0.05) is 23.0 Å². The molecule has 156 valence electrons. The highest BCUT2D eigenvalue weighted by Crippen LogP contribution is 2.38. The van der Waals surface area contributed by atoms with Crippen LogP contribution in [0.3, 0.4) is 0 Å². The molecule has 30 heavy (non-hydrogen) atoms. The third-order valence-corrected chi connectivity index (χ3v) is 6.38. The van der Waals surface area contributed by atoms with Gasteiger partial charge in [-0.05, 0) is 74.2 Å². The van der Waals surface area contributed by atoms with Crippen molar-refractivity contribution in [2.45, 2.75) is 39.2 Å². The van der Waals surface area contributed by atoms with Gasteiger partial charge in [-0.25, -0.2) is 4.79 Å². The van der Waals surface area contributed by atoms with Gasteiger partial charge in [0.05, 0.1) is 18.7 Å². The van der Waals surface area contributed by atoms with Crippen molar-refractivity contribution in [3.8, 4) is 0 Å². The van der Waals surface area contributed by atoms with Crippen molar-refractivity contribution in [3.05, 3.63) is 64.3 Å². The molecule has 3 aromatic rings. The van der Waals surface area contributed by atoms with Crippen LogP contribution in [0.5, 0.6) is 0 Å². The summed E-state index contributed by atoms with van der Waals surface area (Å²) >= 11 is 7.15. The number of carbonyl (C=O) groups excluding carboxylic acids is 1. The standard InChI is InChI=1S/C22H24N4O2S2/c1-2-28-21(27)19-17-9-3-4-10-18(17)30-20(19)25-22(29)24-16-8-5-7-15(13-16)14-26-12-6-11-23-26/h5-8,11-13H,2-4,9-10,14H2,1H3,(H2,24,25,29). The van der Waals surface area contributed by atoms with E-state index in [1.54, 1.807) is 17.5 Å². The summed E-state index contributed by atoms with van der Waals surface area (Å²) in [5, 5.41) is 11.9. The molecule has 2 heterocycles. The fourth-order valence-electron chi connectivity index (χ4n) is 3.67. The van der Waals surface area contributed by atoms with Gasteiger partial charge in [-0.1, -0.05) is 12.1 Å². The Bertz CT molecular complexity index is 1040. The zero-order chi connectivity index (χ0) is 20.9. The maximum Gasteiger partial charge on any atom is 0.341 e. The number of aromatic nitrogens is 2. The van der Waals surface area contributed by atoms with Gasteiger partial charge in [0.15, 0.2) is 5.11 Å². The Kier molecular flexibility index (Phi) is 6.44. The molecule has 0 radical (unpaired) electrons. The lowest BCUT2D eigenvalue weighted by molar-refractivity contribution is 0.0526. The van der Waals surface area contributed by atoms with Gasteiger partial charge in [-0.3, -0.25) is 4.68 Å². The van der Waals surface area contributed by atoms with Crippen LogP contribution in [0.4, 0.5) is 10.7 Å². The SMILES string of the molecule is CCOC(=O)c1c(NC(=S)Nc2cccc(Cn3cccn3)c2)sc2c1CCCC2. The highest BCUT2D eigenvalue weighted by Gasteiger charge is 2.26. The van der Waals surface area contributed by atoms with Gasteiger partial charge in [-0.2, -0.15) is 5.10 Å². The second-order valence-corrected chi connectivity index (χ2v) is 8.63. The molecule has 1 aliphatic carbocycles. The molecular weight excluding hydrogens is 416 g/mol. The lowest BCUT2D eigenvalue weighted by atomic mass is 9.95. The first-order valence-corrected chi connectivity index (χ1v) is 11.3. The second-order valence-electron chi connectivity index (χ2n) is 7.12. The number of ether oxygens (including phenoxy) is 1. The number of nitrogens with zero attached hydrogens (tertiary/aromatic N) is 2. The molecule has 1 aromatic carbocycles. The third-order valence-electron chi connectivity index (χ3n) is 4.97. The first kappa shape index (κ1) is 20.6. The predicted octanol–water partition coefficient (Wildman–Crippen LogP) is 4.86. The molecule has 0 aliphatic heterocycles. The quantitative estimate of drug-likeness (QED) is 0.422. The molecule has 8 heteroatoms. The molecule has 0 spiro atoms.